The number of alkyl halides is 3. The van der Waals surface area contributed by atoms with Crippen LogP contribution in [-0.4, -0.2) is 52.2 Å². The predicted molar refractivity (Wildman–Crippen MR) is 108 cm³/mol. The lowest BCUT2D eigenvalue weighted by Crippen LogP contribution is -2.38. The lowest BCUT2D eigenvalue weighted by atomic mass is 10.0. The summed E-state index contributed by atoms with van der Waals surface area (Å²) in [7, 11) is 3.06. The Hall–Kier alpha value is -2.16. The van der Waals surface area contributed by atoms with Gasteiger partial charge in [-0.05, 0) is 37.0 Å². The van der Waals surface area contributed by atoms with Crippen molar-refractivity contribution < 1.29 is 27.4 Å². The topological polar surface area (TPSA) is 64.1 Å². The van der Waals surface area contributed by atoms with E-state index in [1.165, 1.54) is 13.2 Å². The van der Waals surface area contributed by atoms with Gasteiger partial charge in [-0.3, -0.25) is 4.99 Å². The van der Waals surface area contributed by atoms with Crippen molar-refractivity contribution in [2.45, 2.75) is 46.0 Å². The van der Waals surface area contributed by atoms with Gasteiger partial charge in [-0.2, -0.15) is 13.2 Å². The Morgan fingerprint density at radius 1 is 1.17 bits per heavy atom. The zero-order valence-corrected chi connectivity index (χ0v) is 17.7. The van der Waals surface area contributed by atoms with Crippen LogP contribution in [0.2, 0.25) is 0 Å². The number of hydrogen-bond donors (Lipinski definition) is 2. The molecule has 0 spiro atoms. The van der Waals surface area contributed by atoms with Gasteiger partial charge in [-0.25, -0.2) is 0 Å². The minimum atomic E-state index is -4.40. The first kappa shape index (κ1) is 24.9. The second kappa shape index (κ2) is 12.4. The van der Waals surface area contributed by atoms with Crippen LogP contribution in [0.15, 0.2) is 23.2 Å². The van der Waals surface area contributed by atoms with Crippen LogP contribution < -0.4 is 20.1 Å². The monoisotopic (exact) mass is 419 g/mol. The second-order valence-corrected chi connectivity index (χ2v) is 6.77. The number of nitrogens with one attached hydrogen (secondary N) is 2. The molecule has 0 aliphatic rings. The van der Waals surface area contributed by atoms with E-state index in [9.17, 15) is 13.2 Å². The number of ether oxygens (including phenoxy) is 3. The number of rotatable bonds is 11. The third-order valence-electron chi connectivity index (χ3n) is 4.15. The average molecular weight is 419 g/mol. The highest BCUT2D eigenvalue weighted by molar-refractivity contribution is 5.79. The fraction of sp³-hybridized carbons (Fsp3) is 0.650. The normalized spacial score (nSPS) is 13.3. The molecular weight excluding hydrogens is 387 g/mol. The Balaban J connectivity index is 2.57. The van der Waals surface area contributed by atoms with Gasteiger partial charge in [0.1, 0.15) is 0 Å². The van der Waals surface area contributed by atoms with Crippen LogP contribution in [-0.2, 0) is 11.3 Å². The lowest BCUT2D eigenvalue weighted by molar-refractivity contribution is -0.153. The zero-order chi connectivity index (χ0) is 21.9. The molecule has 166 valence electrons. The molecule has 0 aliphatic carbocycles. The van der Waals surface area contributed by atoms with Gasteiger partial charge < -0.3 is 24.8 Å². The first-order chi connectivity index (χ1) is 13.7. The molecule has 6 nitrogen and oxygen atoms in total. The molecule has 1 atom stereocenters. The van der Waals surface area contributed by atoms with E-state index in [0.717, 1.165) is 12.0 Å². The summed E-state index contributed by atoms with van der Waals surface area (Å²) in [5, 5.41) is 6.41. The van der Waals surface area contributed by atoms with E-state index in [4.69, 9.17) is 14.2 Å². The van der Waals surface area contributed by atoms with Crippen molar-refractivity contribution in [3.63, 3.8) is 0 Å². The van der Waals surface area contributed by atoms with Crippen molar-refractivity contribution in [3.8, 4) is 11.5 Å². The van der Waals surface area contributed by atoms with Crippen LogP contribution in [0.1, 0.15) is 32.8 Å². The van der Waals surface area contributed by atoms with Crippen LogP contribution in [0, 0.1) is 5.92 Å². The molecule has 0 aliphatic heterocycles. The number of hydrogen-bond acceptors (Lipinski definition) is 4. The van der Waals surface area contributed by atoms with Crippen molar-refractivity contribution in [2.75, 3.05) is 33.9 Å². The fourth-order valence-corrected chi connectivity index (χ4v) is 2.66. The van der Waals surface area contributed by atoms with E-state index in [2.05, 4.69) is 29.5 Å². The maximum Gasteiger partial charge on any atom is 0.422 e. The molecule has 1 rings (SSSR count). The van der Waals surface area contributed by atoms with Gasteiger partial charge in [0, 0.05) is 26.7 Å². The smallest absolute Gasteiger partial charge is 0.422 e. The van der Waals surface area contributed by atoms with Gasteiger partial charge in [0.25, 0.3) is 0 Å². The quantitative estimate of drug-likeness (QED) is 0.423. The lowest BCUT2D eigenvalue weighted by Gasteiger charge is -2.21. The van der Waals surface area contributed by atoms with E-state index in [0.29, 0.717) is 31.6 Å². The highest BCUT2D eigenvalue weighted by atomic mass is 19.4. The van der Waals surface area contributed by atoms with Gasteiger partial charge >= 0.3 is 6.18 Å². The van der Waals surface area contributed by atoms with E-state index in [1.54, 1.807) is 19.2 Å². The summed E-state index contributed by atoms with van der Waals surface area (Å²) < 4.78 is 52.7. The van der Waals surface area contributed by atoms with Crippen LogP contribution in [0.25, 0.3) is 0 Å². The maximum absolute atomic E-state index is 12.3. The summed E-state index contributed by atoms with van der Waals surface area (Å²) in [6, 6.07) is 4.78. The molecule has 0 aromatic heterocycles. The zero-order valence-electron chi connectivity index (χ0n) is 17.7. The van der Waals surface area contributed by atoms with Gasteiger partial charge in [0.15, 0.2) is 24.1 Å². The fourth-order valence-electron chi connectivity index (χ4n) is 2.66. The summed E-state index contributed by atoms with van der Waals surface area (Å²) in [6.45, 7) is 6.68. The number of nitrogens with zero attached hydrogens (tertiary/aromatic N) is 1. The Labute approximate surface area is 170 Å². The molecule has 0 bridgehead atoms. The molecule has 1 aromatic rings. The maximum atomic E-state index is 12.3. The number of methoxy groups -OCH3 is 1. The molecule has 9 heteroatoms. The molecule has 1 unspecified atom stereocenters. The first-order valence-corrected chi connectivity index (χ1v) is 9.62. The molecule has 1 aromatic carbocycles. The molecule has 0 amide bonds. The molecule has 0 heterocycles. The van der Waals surface area contributed by atoms with E-state index in [-0.39, 0.29) is 17.6 Å². The summed E-state index contributed by atoms with van der Waals surface area (Å²) in [4.78, 5) is 4.18. The highest BCUT2D eigenvalue weighted by Crippen LogP contribution is 2.29. The largest absolute Gasteiger partial charge is 0.493 e. The Kier molecular flexibility index (Phi) is 10.6. The minimum Gasteiger partial charge on any atom is -0.493 e. The van der Waals surface area contributed by atoms with Gasteiger partial charge in [-0.1, -0.05) is 19.9 Å². The SMILES string of the molecule is CCOC(CCNC(=NC)NCc1ccc(OCC(F)(F)F)c(OC)c1)C(C)C. The Morgan fingerprint density at radius 2 is 1.90 bits per heavy atom. The van der Waals surface area contributed by atoms with Crippen LogP contribution in [0.5, 0.6) is 11.5 Å². The number of guanidine groups is 1. The molecular formula is C20H32F3N3O3. The molecule has 2 N–H and O–H groups in total. The summed E-state index contributed by atoms with van der Waals surface area (Å²) in [6.07, 6.45) is -3.37. The third-order valence-corrected chi connectivity index (χ3v) is 4.15. The molecule has 29 heavy (non-hydrogen) atoms. The minimum absolute atomic E-state index is 0.0479. The van der Waals surface area contributed by atoms with E-state index >= 15 is 0 Å². The predicted octanol–water partition coefficient (Wildman–Crippen LogP) is 3.75. The first-order valence-electron chi connectivity index (χ1n) is 9.62. The Bertz CT molecular complexity index is 637. The van der Waals surface area contributed by atoms with Crippen LogP contribution in [0.4, 0.5) is 13.2 Å². The van der Waals surface area contributed by atoms with Gasteiger partial charge in [0.05, 0.1) is 13.2 Å². The van der Waals surface area contributed by atoms with E-state index in [1.807, 2.05) is 6.92 Å². The highest BCUT2D eigenvalue weighted by Gasteiger charge is 2.29. The third kappa shape index (κ3) is 9.74. The van der Waals surface area contributed by atoms with Crippen molar-refractivity contribution in [3.05, 3.63) is 23.8 Å². The molecule has 0 saturated carbocycles. The van der Waals surface area contributed by atoms with Crippen LogP contribution in [0.3, 0.4) is 0 Å². The van der Waals surface area contributed by atoms with Crippen molar-refractivity contribution in [2.24, 2.45) is 10.9 Å². The van der Waals surface area contributed by atoms with Gasteiger partial charge in [-0.15, -0.1) is 0 Å². The number of benzene rings is 1. The van der Waals surface area contributed by atoms with Crippen molar-refractivity contribution in [1.29, 1.82) is 0 Å². The summed E-state index contributed by atoms with van der Waals surface area (Å²) >= 11 is 0. The van der Waals surface area contributed by atoms with Crippen molar-refractivity contribution in [1.82, 2.24) is 10.6 Å². The van der Waals surface area contributed by atoms with Crippen LogP contribution >= 0.6 is 0 Å². The second-order valence-electron chi connectivity index (χ2n) is 6.77. The standard InChI is InChI=1S/C20H32F3N3O3/c1-6-28-16(14(2)3)9-10-25-19(24-4)26-12-15-7-8-17(18(11-15)27-5)29-13-20(21,22)23/h7-8,11,14,16H,6,9-10,12-13H2,1-5H3,(H2,24,25,26). The van der Waals surface area contributed by atoms with Gasteiger partial charge in [0.2, 0.25) is 0 Å². The summed E-state index contributed by atoms with van der Waals surface area (Å²) in [5.41, 5.74) is 0.818. The average Bonchev–Trinajstić information content (AvgIpc) is 2.67. The Morgan fingerprint density at radius 3 is 2.45 bits per heavy atom. The van der Waals surface area contributed by atoms with E-state index < -0.39 is 12.8 Å². The molecule has 0 saturated heterocycles. The number of halogens is 3. The summed E-state index contributed by atoms with van der Waals surface area (Å²) in [5.74, 6) is 1.34. The van der Waals surface area contributed by atoms with Crippen molar-refractivity contribution >= 4 is 5.96 Å². The molecule has 0 radical (unpaired) electrons. The number of aliphatic imine (C=N–C) groups is 1. The molecule has 0 fully saturated rings.